The summed E-state index contributed by atoms with van der Waals surface area (Å²) in [6.45, 7) is 8.31. The van der Waals surface area contributed by atoms with Gasteiger partial charge in [0.1, 0.15) is 12.4 Å². The Morgan fingerprint density at radius 1 is 1.38 bits per heavy atom. The van der Waals surface area contributed by atoms with E-state index in [-0.39, 0.29) is 30.5 Å². The van der Waals surface area contributed by atoms with E-state index in [1.54, 1.807) is 17.0 Å². The first-order valence-electron chi connectivity index (χ1n) is 8.87. The molecule has 2 amide bonds. The minimum absolute atomic E-state index is 0.0505. The van der Waals surface area contributed by atoms with E-state index in [4.69, 9.17) is 4.74 Å². The largest absolute Gasteiger partial charge is 0.489 e. The highest BCUT2D eigenvalue weighted by Crippen LogP contribution is 2.24. The van der Waals surface area contributed by atoms with Crippen molar-refractivity contribution in [2.75, 3.05) is 19.7 Å². The van der Waals surface area contributed by atoms with E-state index in [0.29, 0.717) is 42.6 Å². The molecule has 6 heteroatoms. The lowest BCUT2D eigenvalue weighted by Gasteiger charge is -2.30. The molecule has 0 bridgehead atoms. The number of rotatable bonds is 6. The Kier molecular flexibility index (Phi) is 6.40. The van der Waals surface area contributed by atoms with Crippen LogP contribution in [0.3, 0.4) is 0 Å². The summed E-state index contributed by atoms with van der Waals surface area (Å²) in [7, 11) is 0. The maximum Gasteiger partial charge on any atom is 0.254 e. The van der Waals surface area contributed by atoms with Gasteiger partial charge in [-0.15, -0.1) is 0 Å². The average Bonchev–Trinajstić information content (AvgIpc) is 2.56. The van der Waals surface area contributed by atoms with E-state index >= 15 is 0 Å². The van der Waals surface area contributed by atoms with Crippen molar-refractivity contribution in [3.63, 3.8) is 0 Å². The van der Waals surface area contributed by atoms with Crippen LogP contribution in [0.5, 0.6) is 5.75 Å². The molecular formula is C20H27FN2O3. The number of nitrogens with one attached hydrogen (secondary N) is 1. The Bertz CT molecular complexity index is 707. The molecule has 0 radical (unpaired) electrons. The van der Waals surface area contributed by atoms with Gasteiger partial charge in [0.15, 0.2) is 0 Å². The first kappa shape index (κ1) is 19.9. The zero-order chi connectivity index (χ0) is 19.3. The van der Waals surface area contributed by atoms with Crippen molar-refractivity contribution in [1.29, 1.82) is 0 Å². The molecule has 1 aromatic rings. The van der Waals surface area contributed by atoms with Crippen molar-refractivity contribution in [1.82, 2.24) is 10.2 Å². The molecule has 1 N–H and O–H groups in total. The second-order valence-corrected chi connectivity index (χ2v) is 7.50. The number of carbonyl (C=O) groups is 2. The van der Waals surface area contributed by atoms with Crippen molar-refractivity contribution in [2.45, 2.75) is 46.1 Å². The van der Waals surface area contributed by atoms with E-state index in [1.807, 2.05) is 33.8 Å². The molecule has 26 heavy (non-hydrogen) atoms. The van der Waals surface area contributed by atoms with Crippen LogP contribution in [0.15, 0.2) is 30.1 Å². The van der Waals surface area contributed by atoms with Crippen LogP contribution in [0, 0.1) is 0 Å². The molecule has 5 nitrogen and oxygen atoms in total. The van der Waals surface area contributed by atoms with Gasteiger partial charge in [0.2, 0.25) is 5.91 Å². The summed E-state index contributed by atoms with van der Waals surface area (Å²) in [6, 6.07) is 5.25. The molecule has 1 aliphatic heterocycles. The number of nitrogens with zero attached hydrogens (tertiary/aromatic N) is 1. The summed E-state index contributed by atoms with van der Waals surface area (Å²) in [4.78, 5) is 26.3. The van der Waals surface area contributed by atoms with Gasteiger partial charge < -0.3 is 15.0 Å². The third kappa shape index (κ3) is 5.31. The fourth-order valence-electron chi connectivity index (χ4n) is 2.77. The first-order valence-corrected chi connectivity index (χ1v) is 8.87. The summed E-state index contributed by atoms with van der Waals surface area (Å²) >= 11 is 0. The monoisotopic (exact) mass is 362 g/mol. The Morgan fingerprint density at radius 3 is 2.73 bits per heavy atom. The van der Waals surface area contributed by atoms with E-state index in [2.05, 4.69) is 5.32 Å². The molecule has 0 aromatic heterocycles. The highest BCUT2D eigenvalue weighted by atomic mass is 19.1. The molecule has 2 rings (SSSR count). The third-order valence-electron chi connectivity index (χ3n) is 4.13. The summed E-state index contributed by atoms with van der Waals surface area (Å²) in [5, 5.41) is 2.87. The second kappa shape index (κ2) is 8.34. The maximum atomic E-state index is 12.6. The molecule has 0 unspecified atom stereocenters. The topological polar surface area (TPSA) is 58.6 Å². The van der Waals surface area contributed by atoms with Crippen LogP contribution in [0.25, 0.3) is 0 Å². The van der Waals surface area contributed by atoms with Gasteiger partial charge in [-0.2, -0.15) is 0 Å². The van der Waals surface area contributed by atoms with Gasteiger partial charge in [-0.05, 0) is 62.9 Å². The van der Waals surface area contributed by atoms with Crippen molar-refractivity contribution in [3.05, 3.63) is 41.2 Å². The smallest absolute Gasteiger partial charge is 0.254 e. The van der Waals surface area contributed by atoms with Crippen molar-refractivity contribution < 1.29 is 18.7 Å². The Balaban J connectivity index is 2.03. The highest BCUT2D eigenvalue weighted by molar-refractivity contribution is 5.99. The van der Waals surface area contributed by atoms with Gasteiger partial charge in [-0.3, -0.25) is 9.59 Å². The maximum absolute atomic E-state index is 12.6. The van der Waals surface area contributed by atoms with Crippen LogP contribution in [0.2, 0.25) is 0 Å². The molecule has 1 aliphatic rings. The lowest BCUT2D eigenvalue weighted by atomic mass is 9.98. The van der Waals surface area contributed by atoms with Gasteiger partial charge in [-0.25, -0.2) is 4.39 Å². The second-order valence-electron chi connectivity index (χ2n) is 7.50. The molecule has 1 heterocycles. The van der Waals surface area contributed by atoms with E-state index in [1.165, 1.54) is 0 Å². The van der Waals surface area contributed by atoms with E-state index in [0.717, 1.165) is 5.56 Å². The van der Waals surface area contributed by atoms with E-state index in [9.17, 15) is 14.0 Å². The number of hydrogen-bond acceptors (Lipinski definition) is 3. The van der Waals surface area contributed by atoms with Crippen molar-refractivity contribution >= 4 is 11.8 Å². The fourth-order valence-corrected chi connectivity index (χ4v) is 2.77. The quantitative estimate of drug-likeness (QED) is 0.845. The van der Waals surface area contributed by atoms with Gasteiger partial charge in [0.05, 0.1) is 12.9 Å². The summed E-state index contributed by atoms with van der Waals surface area (Å²) in [6.07, 6.45) is 1.81. The molecule has 0 spiro atoms. The number of ether oxygens (including phenoxy) is 1. The number of amides is 2. The van der Waals surface area contributed by atoms with Gasteiger partial charge in [0.25, 0.3) is 5.91 Å². The predicted molar refractivity (Wildman–Crippen MR) is 98.9 cm³/mol. The number of benzene rings is 1. The van der Waals surface area contributed by atoms with Crippen molar-refractivity contribution in [2.24, 2.45) is 0 Å². The first-order chi connectivity index (χ1) is 12.2. The van der Waals surface area contributed by atoms with E-state index < -0.39 is 0 Å². The molecule has 0 saturated heterocycles. The van der Waals surface area contributed by atoms with Crippen LogP contribution >= 0.6 is 0 Å². The Hall–Kier alpha value is -2.37. The SMILES string of the molecule is CC/C(=C/F)COc1ccc2c(c1)CCN(CC(=O)NC(C)(C)C)C2=O. The van der Waals surface area contributed by atoms with Gasteiger partial charge in [0, 0.05) is 17.6 Å². The zero-order valence-electron chi connectivity index (χ0n) is 15.9. The minimum atomic E-state index is -0.328. The molecule has 0 aliphatic carbocycles. The van der Waals surface area contributed by atoms with Crippen LogP contribution in [0.4, 0.5) is 4.39 Å². The van der Waals surface area contributed by atoms with Crippen molar-refractivity contribution in [3.8, 4) is 5.75 Å². The molecule has 0 atom stereocenters. The molecule has 142 valence electrons. The molecular weight excluding hydrogens is 335 g/mol. The number of hydrogen-bond donors (Lipinski definition) is 1. The number of fused-ring (bicyclic) bond motifs is 1. The summed E-state index contributed by atoms with van der Waals surface area (Å²) in [5.41, 5.74) is 1.73. The molecule has 0 saturated carbocycles. The van der Waals surface area contributed by atoms with Gasteiger partial charge >= 0.3 is 0 Å². The summed E-state index contributed by atoms with van der Waals surface area (Å²) in [5.74, 6) is 0.294. The standard InChI is InChI=1S/C20H27FN2O3/c1-5-14(11-21)13-26-16-6-7-17-15(10-16)8-9-23(19(17)25)12-18(24)22-20(2,3)4/h6-7,10-11H,5,8-9,12-13H2,1-4H3,(H,22,24)/b14-11-. The Labute approximate surface area is 154 Å². The fraction of sp³-hybridized carbons (Fsp3) is 0.500. The number of carbonyl (C=O) groups excluding carboxylic acids is 2. The van der Waals surface area contributed by atoms with Crippen LogP contribution in [-0.2, 0) is 11.2 Å². The average molecular weight is 362 g/mol. The van der Waals surface area contributed by atoms with Crippen LogP contribution in [0.1, 0.15) is 50.0 Å². The number of halogens is 1. The van der Waals surface area contributed by atoms with Crippen LogP contribution < -0.4 is 10.1 Å². The van der Waals surface area contributed by atoms with Crippen LogP contribution in [-0.4, -0.2) is 41.9 Å². The normalized spacial score (nSPS) is 14.9. The summed E-state index contributed by atoms with van der Waals surface area (Å²) < 4.78 is 18.2. The predicted octanol–water partition coefficient (Wildman–Crippen LogP) is 3.24. The third-order valence-corrected chi connectivity index (χ3v) is 4.13. The lowest BCUT2D eigenvalue weighted by molar-refractivity contribution is -0.123. The van der Waals surface area contributed by atoms with Gasteiger partial charge in [-0.1, -0.05) is 6.92 Å². The lowest BCUT2D eigenvalue weighted by Crippen LogP contribution is -2.48. The highest BCUT2D eigenvalue weighted by Gasteiger charge is 2.27. The molecule has 1 aromatic carbocycles. The molecule has 0 fully saturated rings. The Morgan fingerprint density at radius 2 is 2.12 bits per heavy atom. The zero-order valence-corrected chi connectivity index (χ0v) is 15.9. The minimum Gasteiger partial charge on any atom is -0.489 e.